The lowest BCUT2D eigenvalue weighted by atomic mass is 10.1. The Labute approximate surface area is 180 Å². The van der Waals surface area contributed by atoms with Crippen molar-refractivity contribution in [1.29, 1.82) is 0 Å². The van der Waals surface area contributed by atoms with Crippen LogP contribution in [-0.2, 0) is 0 Å². The van der Waals surface area contributed by atoms with Crippen molar-refractivity contribution < 1.29 is 19.1 Å². The fraction of sp³-hybridized carbons (Fsp3) is 0. The molecule has 22 heavy (non-hydrogen) atoms. The highest BCUT2D eigenvalue weighted by atomic mass is 127. The molecule has 2 aromatic carbocycles. The summed E-state index contributed by atoms with van der Waals surface area (Å²) >= 11 is 8.50. The lowest BCUT2D eigenvalue weighted by Crippen LogP contribution is -2.23. The molecule has 0 amide bonds. The van der Waals surface area contributed by atoms with Gasteiger partial charge in [-0.2, -0.15) is 0 Å². The van der Waals surface area contributed by atoms with Gasteiger partial charge in [-0.15, -0.1) is 0 Å². The van der Waals surface area contributed by atoms with Crippen LogP contribution in [0.1, 0.15) is 20.7 Å². The number of halogens is 4. The van der Waals surface area contributed by atoms with Gasteiger partial charge in [0.25, 0.3) is 0 Å². The summed E-state index contributed by atoms with van der Waals surface area (Å²) in [6.45, 7) is 0. The highest BCUT2D eigenvalue weighted by molar-refractivity contribution is 14.1. The third kappa shape index (κ3) is 2.87. The molecule has 0 N–H and O–H groups in total. The van der Waals surface area contributed by atoms with Crippen LogP contribution in [0.3, 0.4) is 0 Å². The van der Waals surface area contributed by atoms with E-state index < -0.39 is 11.9 Å². The van der Waals surface area contributed by atoms with Gasteiger partial charge in [0.05, 0.1) is 3.57 Å². The molecule has 0 spiro atoms. The summed E-state index contributed by atoms with van der Waals surface area (Å²) in [5, 5.41) is 0. The minimum absolute atomic E-state index is 0.211. The molecule has 1 aliphatic heterocycles. The van der Waals surface area contributed by atoms with E-state index in [0.717, 1.165) is 14.3 Å². The van der Waals surface area contributed by atoms with Crippen molar-refractivity contribution in [3.05, 3.63) is 49.7 Å². The molecule has 0 saturated carbocycles. The van der Waals surface area contributed by atoms with E-state index >= 15 is 0 Å². The van der Waals surface area contributed by atoms with Crippen LogP contribution < -0.4 is 9.47 Å². The Hall–Kier alpha value is 0.300. The van der Waals surface area contributed by atoms with Crippen molar-refractivity contribution in [3.63, 3.8) is 0 Å². The SMILES string of the molecule is O=C1Oc2c(I)c(I)c(I)c(I)c2C(=O)Oc2ccccc21. The average molecular weight is 744 g/mol. The molecule has 1 aliphatic rings. The first-order chi connectivity index (χ1) is 10.4. The van der Waals surface area contributed by atoms with Gasteiger partial charge in [0.1, 0.15) is 16.9 Å². The highest BCUT2D eigenvalue weighted by Gasteiger charge is 2.31. The first-order valence-electron chi connectivity index (χ1n) is 5.81. The molecule has 0 fully saturated rings. The van der Waals surface area contributed by atoms with Crippen molar-refractivity contribution in [2.24, 2.45) is 0 Å². The molecule has 8 heteroatoms. The molecule has 0 bridgehead atoms. The molecular weight excluding hydrogens is 740 g/mol. The molecule has 0 aromatic heterocycles. The zero-order chi connectivity index (χ0) is 16.0. The van der Waals surface area contributed by atoms with Crippen LogP contribution in [-0.4, -0.2) is 11.9 Å². The van der Waals surface area contributed by atoms with E-state index in [1.165, 1.54) is 0 Å². The number of para-hydroxylation sites is 1. The lowest BCUT2D eigenvalue weighted by Gasteiger charge is -2.19. The van der Waals surface area contributed by atoms with Crippen LogP contribution in [0.5, 0.6) is 11.5 Å². The third-order valence-corrected chi connectivity index (χ3v) is 10.3. The molecule has 0 unspecified atom stereocenters. The normalized spacial score (nSPS) is 13.5. The maximum absolute atomic E-state index is 12.5. The Morgan fingerprint density at radius 3 is 2.09 bits per heavy atom. The topological polar surface area (TPSA) is 52.6 Å². The van der Waals surface area contributed by atoms with Gasteiger partial charge in [0.15, 0.2) is 5.75 Å². The Balaban J connectivity index is 2.28. The second kappa shape index (κ2) is 6.66. The van der Waals surface area contributed by atoms with Crippen molar-refractivity contribution in [3.8, 4) is 11.5 Å². The number of carbonyl (C=O) groups is 2. The molecular formula is C14H4I4O4. The van der Waals surface area contributed by atoms with Crippen LogP contribution in [0.15, 0.2) is 24.3 Å². The largest absolute Gasteiger partial charge is 0.422 e. The third-order valence-electron chi connectivity index (χ3n) is 2.93. The number of esters is 2. The predicted molar refractivity (Wildman–Crippen MR) is 114 cm³/mol. The van der Waals surface area contributed by atoms with E-state index in [9.17, 15) is 9.59 Å². The summed E-state index contributed by atoms with van der Waals surface area (Å²) < 4.78 is 14.2. The maximum Gasteiger partial charge on any atom is 0.348 e. The second-order valence-electron chi connectivity index (χ2n) is 4.24. The molecule has 3 rings (SSSR count). The minimum Gasteiger partial charge on any atom is -0.422 e. The number of hydrogen-bond acceptors (Lipinski definition) is 4. The van der Waals surface area contributed by atoms with Gasteiger partial charge < -0.3 is 9.47 Å². The van der Waals surface area contributed by atoms with Crippen LogP contribution >= 0.6 is 90.4 Å². The van der Waals surface area contributed by atoms with Gasteiger partial charge in [-0.05, 0) is 102 Å². The monoisotopic (exact) mass is 744 g/mol. The number of benzene rings is 2. The average Bonchev–Trinajstić information content (AvgIpc) is 2.49. The number of ether oxygens (including phenoxy) is 2. The molecule has 0 atom stereocenters. The van der Waals surface area contributed by atoms with E-state index in [2.05, 4.69) is 90.4 Å². The quantitative estimate of drug-likeness (QED) is 0.127. The Bertz CT molecular complexity index is 832. The van der Waals surface area contributed by atoms with Gasteiger partial charge in [-0.1, -0.05) is 12.1 Å². The van der Waals surface area contributed by atoms with E-state index in [1.54, 1.807) is 24.3 Å². The Morgan fingerprint density at radius 2 is 1.36 bits per heavy atom. The van der Waals surface area contributed by atoms with Crippen LogP contribution in [0.25, 0.3) is 0 Å². The molecule has 1 heterocycles. The molecule has 4 nitrogen and oxygen atoms in total. The van der Waals surface area contributed by atoms with Gasteiger partial charge in [0, 0.05) is 10.7 Å². The lowest BCUT2D eigenvalue weighted by molar-refractivity contribution is 0.0666. The fourth-order valence-corrected chi connectivity index (χ4v) is 5.38. The number of carbonyl (C=O) groups excluding carboxylic acids is 2. The minimum atomic E-state index is -0.532. The summed E-state index contributed by atoms with van der Waals surface area (Å²) in [5.41, 5.74) is 0.526. The second-order valence-corrected chi connectivity index (χ2v) is 8.55. The van der Waals surface area contributed by atoms with Crippen LogP contribution in [0, 0.1) is 14.3 Å². The maximum atomic E-state index is 12.5. The first kappa shape index (κ1) is 17.1. The van der Waals surface area contributed by atoms with E-state index in [0.29, 0.717) is 0 Å². The van der Waals surface area contributed by atoms with Crippen LogP contribution in [0.4, 0.5) is 0 Å². The smallest absolute Gasteiger partial charge is 0.348 e. The van der Waals surface area contributed by atoms with E-state index in [1.807, 2.05) is 0 Å². The molecule has 112 valence electrons. The predicted octanol–water partition coefficient (Wildman–Crippen LogP) is 4.86. The standard InChI is InChI=1S/C14H4I4O4/c15-8-7-12(11(18)10(17)9(8)16)22-13(19)5-3-1-2-4-6(5)21-14(7)20/h1-4H. The molecule has 0 saturated heterocycles. The summed E-state index contributed by atoms with van der Waals surface area (Å²) in [7, 11) is 0. The zero-order valence-corrected chi connectivity index (χ0v) is 19.1. The van der Waals surface area contributed by atoms with Crippen molar-refractivity contribution in [2.75, 3.05) is 0 Å². The summed E-state index contributed by atoms with van der Waals surface area (Å²) in [6.07, 6.45) is 0. The fourth-order valence-electron chi connectivity index (χ4n) is 1.91. The van der Waals surface area contributed by atoms with Gasteiger partial charge in [0.2, 0.25) is 0 Å². The van der Waals surface area contributed by atoms with Gasteiger partial charge in [-0.3, -0.25) is 0 Å². The van der Waals surface area contributed by atoms with Crippen molar-refractivity contribution in [2.45, 2.75) is 0 Å². The first-order valence-corrected chi connectivity index (χ1v) is 10.1. The molecule has 2 aromatic rings. The van der Waals surface area contributed by atoms with Gasteiger partial charge in [-0.25, -0.2) is 9.59 Å². The zero-order valence-electron chi connectivity index (χ0n) is 10.5. The number of hydrogen-bond donors (Lipinski definition) is 0. The molecule has 0 radical (unpaired) electrons. The number of rotatable bonds is 0. The summed E-state index contributed by atoms with van der Waals surface area (Å²) in [6, 6.07) is 6.55. The van der Waals surface area contributed by atoms with Crippen LogP contribution in [0.2, 0.25) is 0 Å². The summed E-state index contributed by atoms with van der Waals surface area (Å²) in [4.78, 5) is 24.9. The Kier molecular flexibility index (Phi) is 5.19. The summed E-state index contributed by atoms with van der Waals surface area (Å²) in [5.74, 6) is -0.580. The van der Waals surface area contributed by atoms with Crippen molar-refractivity contribution >= 4 is 102 Å². The van der Waals surface area contributed by atoms with E-state index in [4.69, 9.17) is 9.47 Å². The van der Waals surface area contributed by atoms with Crippen molar-refractivity contribution in [1.82, 2.24) is 0 Å². The molecule has 0 aliphatic carbocycles. The highest BCUT2D eigenvalue weighted by Crippen LogP contribution is 2.40. The number of fused-ring (bicyclic) bond motifs is 2. The van der Waals surface area contributed by atoms with E-state index in [-0.39, 0.29) is 22.6 Å². The Morgan fingerprint density at radius 1 is 0.727 bits per heavy atom. The van der Waals surface area contributed by atoms with Gasteiger partial charge >= 0.3 is 11.9 Å².